The molecule has 1 aromatic carbocycles. The maximum absolute atomic E-state index is 9.47. The molecule has 0 spiro atoms. The molecule has 21 heavy (non-hydrogen) atoms. The van der Waals surface area contributed by atoms with E-state index in [1.807, 2.05) is 30.3 Å². The highest BCUT2D eigenvalue weighted by molar-refractivity contribution is 5.83. The molecule has 0 aliphatic carbocycles. The van der Waals surface area contributed by atoms with Crippen LogP contribution in [0.1, 0.15) is 38.7 Å². The predicted molar refractivity (Wildman–Crippen MR) is 86.3 cm³/mol. The van der Waals surface area contributed by atoms with Crippen LogP contribution in [0.5, 0.6) is 0 Å². The van der Waals surface area contributed by atoms with Crippen LogP contribution in [-0.4, -0.2) is 18.1 Å². The van der Waals surface area contributed by atoms with Gasteiger partial charge in [0.2, 0.25) is 0 Å². The van der Waals surface area contributed by atoms with Gasteiger partial charge in [0.25, 0.3) is 0 Å². The summed E-state index contributed by atoms with van der Waals surface area (Å²) in [4.78, 5) is 7.07. The van der Waals surface area contributed by atoms with Gasteiger partial charge in [-0.05, 0) is 36.8 Å². The maximum atomic E-state index is 9.47. The Balaban J connectivity index is 2.03. The topological polar surface area (TPSA) is 39.9 Å². The van der Waals surface area contributed by atoms with E-state index >= 15 is 0 Å². The number of aromatic nitrogens is 1. The molecule has 0 saturated carbocycles. The molecule has 0 radical (unpaired) electrons. The van der Waals surface area contributed by atoms with Gasteiger partial charge in [0.15, 0.2) is 0 Å². The van der Waals surface area contributed by atoms with E-state index in [-0.39, 0.29) is 0 Å². The average molecular weight is 279 g/mol. The minimum atomic E-state index is 0.389. The molecule has 2 heterocycles. The minimum Gasteiger partial charge on any atom is -0.355 e. The number of nitriles is 1. The first kappa shape index (κ1) is 13.9. The van der Waals surface area contributed by atoms with Crippen molar-refractivity contribution in [1.82, 2.24) is 4.98 Å². The van der Waals surface area contributed by atoms with E-state index in [2.05, 4.69) is 24.8 Å². The number of benzene rings is 1. The van der Waals surface area contributed by atoms with E-state index in [4.69, 9.17) is 4.98 Å². The summed E-state index contributed by atoms with van der Waals surface area (Å²) in [5, 5.41) is 10.5. The Morgan fingerprint density at radius 1 is 1.29 bits per heavy atom. The molecule has 0 unspecified atom stereocenters. The molecule has 1 aromatic heterocycles. The molecule has 0 bridgehead atoms. The summed E-state index contributed by atoms with van der Waals surface area (Å²) in [6, 6.07) is 12.3. The maximum Gasteiger partial charge on any atom is 0.147 e. The molecule has 1 fully saturated rings. The Morgan fingerprint density at radius 3 is 2.71 bits per heavy atom. The third kappa shape index (κ3) is 2.35. The molecule has 2 aromatic rings. The quantitative estimate of drug-likeness (QED) is 0.848. The van der Waals surface area contributed by atoms with Crippen molar-refractivity contribution in [2.24, 2.45) is 5.41 Å². The Labute approximate surface area is 126 Å². The van der Waals surface area contributed by atoms with E-state index in [0.29, 0.717) is 11.0 Å². The summed E-state index contributed by atoms with van der Waals surface area (Å²) in [6.45, 7) is 6.56. The van der Waals surface area contributed by atoms with Gasteiger partial charge < -0.3 is 4.90 Å². The van der Waals surface area contributed by atoms with Crippen LogP contribution in [0.15, 0.2) is 30.3 Å². The second-order valence-electron chi connectivity index (χ2n) is 6.04. The van der Waals surface area contributed by atoms with Crippen molar-refractivity contribution in [3.05, 3.63) is 35.9 Å². The van der Waals surface area contributed by atoms with Crippen molar-refractivity contribution in [2.45, 2.75) is 33.1 Å². The van der Waals surface area contributed by atoms with E-state index < -0.39 is 0 Å². The zero-order chi connectivity index (χ0) is 14.9. The molecule has 1 aliphatic heterocycles. The minimum absolute atomic E-state index is 0.389. The fraction of sp³-hybridized carbons (Fsp3) is 0.444. The molecule has 0 N–H and O–H groups in total. The van der Waals surface area contributed by atoms with Gasteiger partial charge in [-0.2, -0.15) is 5.26 Å². The van der Waals surface area contributed by atoms with Gasteiger partial charge in [-0.25, -0.2) is 4.98 Å². The molecule has 108 valence electrons. The number of hydrogen-bond acceptors (Lipinski definition) is 3. The van der Waals surface area contributed by atoms with Crippen LogP contribution in [0.25, 0.3) is 10.9 Å². The number of para-hydroxylation sites is 1. The lowest BCUT2D eigenvalue weighted by molar-refractivity contribution is 0.301. The Bertz CT molecular complexity index is 695. The third-order valence-corrected chi connectivity index (χ3v) is 5.06. The molecule has 0 amide bonds. The van der Waals surface area contributed by atoms with Crippen LogP contribution in [-0.2, 0) is 0 Å². The molecular formula is C18H21N3. The van der Waals surface area contributed by atoms with Crippen LogP contribution < -0.4 is 4.90 Å². The first-order valence-electron chi connectivity index (χ1n) is 7.76. The summed E-state index contributed by atoms with van der Waals surface area (Å²) < 4.78 is 0. The van der Waals surface area contributed by atoms with Crippen LogP contribution in [0, 0.1) is 16.7 Å². The Hall–Kier alpha value is -2.08. The monoisotopic (exact) mass is 279 g/mol. The summed E-state index contributed by atoms with van der Waals surface area (Å²) in [5.41, 5.74) is 2.05. The molecule has 3 heteroatoms. The van der Waals surface area contributed by atoms with Crippen molar-refractivity contribution in [1.29, 1.82) is 5.26 Å². The van der Waals surface area contributed by atoms with Crippen molar-refractivity contribution >= 4 is 16.7 Å². The Kier molecular flexibility index (Phi) is 3.55. The normalized spacial score (nSPS) is 17.1. The lowest BCUT2D eigenvalue weighted by atomic mass is 9.82. The number of pyridine rings is 1. The molecule has 3 rings (SSSR count). The summed E-state index contributed by atoms with van der Waals surface area (Å²) in [7, 11) is 0. The average Bonchev–Trinajstić information content (AvgIpc) is 2.98. The lowest BCUT2D eigenvalue weighted by Crippen LogP contribution is -2.27. The van der Waals surface area contributed by atoms with Crippen molar-refractivity contribution in [2.75, 3.05) is 18.0 Å². The summed E-state index contributed by atoms with van der Waals surface area (Å²) >= 11 is 0. The zero-order valence-electron chi connectivity index (χ0n) is 12.8. The highest BCUT2D eigenvalue weighted by atomic mass is 15.2. The number of rotatable bonds is 3. The van der Waals surface area contributed by atoms with Crippen molar-refractivity contribution in [3.8, 4) is 6.07 Å². The van der Waals surface area contributed by atoms with Gasteiger partial charge in [-0.1, -0.05) is 32.0 Å². The standard InChI is InChI=1S/C18H21N3/c1-3-18(4-2)9-10-21(13-18)17-15(12-19)11-14-7-5-6-8-16(14)20-17/h5-8,11H,3-4,9-10,13H2,1-2H3. The van der Waals surface area contributed by atoms with Crippen molar-refractivity contribution < 1.29 is 0 Å². The first-order chi connectivity index (χ1) is 10.2. The van der Waals surface area contributed by atoms with Crippen molar-refractivity contribution in [3.63, 3.8) is 0 Å². The SMILES string of the molecule is CCC1(CC)CCN(c2nc3ccccc3cc2C#N)C1. The molecule has 3 nitrogen and oxygen atoms in total. The second-order valence-corrected chi connectivity index (χ2v) is 6.04. The van der Waals surface area contributed by atoms with Gasteiger partial charge in [-0.15, -0.1) is 0 Å². The highest BCUT2D eigenvalue weighted by Gasteiger charge is 2.36. The lowest BCUT2D eigenvalue weighted by Gasteiger charge is -2.27. The molecule has 1 aliphatic rings. The summed E-state index contributed by atoms with van der Waals surface area (Å²) in [6.07, 6.45) is 3.57. The van der Waals surface area contributed by atoms with E-state index in [0.717, 1.165) is 29.8 Å². The fourth-order valence-electron chi connectivity index (χ4n) is 3.37. The van der Waals surface area contributed by atoms with Gasteiger partial charge in [0.05, 0.1) is 11.1 Å². The van der Waals surface area contributed by atoms with Gasteiger partial charge in [-0.3, -0.25) is 0 Å². The Morgan fingerprint density at radius 2 is 2.05 bits per heavy atom. The second kappa shape index (κ2) is 5.37. The fourth-order valence-corrected chi connectivity index (χ4v) is 3.37. The predicted octanol–water partition coefficient (Wildman–Crippen LogP) is 4.12. The zero-order valence-corrected chi connectivity index (χ0v) is 12.8. The number of nitrogens with zero attached hydrogens (tertiary/aromatic N) is 3. The number of fused-ring (bicyclic) bond motifs is 1. The van der Waals surface area contributed by atoms with E-state index in [1.165, 1.54) is 19.3 Å². The van der Waals surface area contributed by atoms with E-state index in [1.54, 1.807) is 0 Å². The molecular weight excluding hydrogens is 258 g/mol. The molecule has 0 atom stereocenters. The van der Waals surface area contributed by atoms with Crippen LogP contribution in [0.2, 0.25) is 0 Å². The number of anilines is 1. The molecule has 1 saturated heterocycles. The highest BCUT2D eigenvalue weighted by Crippen LogP contribution is 2.39. The van der Waals surface area contributed by atoms with Gasteiger partial charge >= 0.3 is 0 Å². The third-order valence-electron chi connectivity index (χ3n) is 5.06. The van der Waals surface area contributed by atoms with Crippen LogP contribution in [0.3, 0.4) is 0 Å². The van der Waals surface area contributed by atoms with Crippen LogP contribution in [0.4, 0.5) is 5.82 Å². The smallest absolute Gasteiger partial charge is 0.147 e. The summed E-state index contributed by atoms with van der Waals surface area (Å²) in [5.74, 6) is 0.861. The van der Waals surface area contributed by atoms with Gasteiger partial charge in [0, 0.05) is 18.5 Å². The largest absolute Gasteiger partial charge is 0.355 e. The van der Waals surface area contributed by atoms with E-state index in [9.17, 15) is 5.26 Å². The van der Waals surface area contributed by atoms with Gasteiger partial charge in [0.1, 0.15) is 11.9 Å². The van der Waals surface area contributed by atoms with Crippen LogP contribution >= 0.6 is 0 Å². The number of hydrogen-bond donors (Lipinski definition) is 0. The first-order valence-corrected chi connectivity index (χ1v) is 7.76.